The lowest BCUT2D eigenvalue weighted by Gasteiger charge is -2.13. The zero-order valence-corrected chi connectivity index (χ0v) is 12.9. The van der Waals surface area contributed by atoms with Crippen molar-refractivity contribution < 1.29 is 8.42 Å². The van der Waals surface area contributed by atoms with Gasteiger partial charge in [-0.15, -0.1) is 0 Å². The SMILES string of the molecule is CCNS(=O)(=O)c1ccc(NC2CSC(C)C2)cc1. The molecule has 0 bridgehead atoms. The van der Waals surface area contributed by atoms with Gasteiger partial charge in [-0.25, -0.2) is 13.1 Å². The molecule has 4 nitrogen and oxygen atoms in total. The first-order valence-electron chi connectivity index (χ1n) is 6.49. The molecule has 1 aliphatic heterocycles. The Morgan fingerprint density at radius 3 is 2.53 bits per heavy atom. The number of thioether (sulfide) groups is 1. The van der Waals surface area contributed by atoms with Gasteiger partial charge in [-0.05, 0) is 30.7 Å². The maximum atomic E-state index is 11.8. The predicted molar refractivity (Wildman–Crippen MR) is 81.3 cm³/mol. The fourth-order valence-corrected chi connectivity index (χ4v) is 4.35. The molecular weight excluding hydrogens is 280 g/mol. The number of nitrogens with one attached hydrogen (secondary N) is 2. The molecule has 2 rings (SSSR count). The Morgan fingerprint density at radius 2 is 2.00 bits per heavy atom. The highest BCUT2D eigenvalue weighted by Crippen LogP contribution is 2.28. The van der Waals surface area contributed by atoms with Crippen molar-refractivity contribution in [2.75, 3.05) is 17.6 Å². The number of hydrogen-bond acceptors (Lipinski definition) is 4. The van der Waals surface area contributed by atoms with Gasteiger partial charge in [-0.1, -0.05) is 13.8 Å². The van der Waals surface area contributed by atoms with Crippen LogP contribution in [0.2, 0.25) is 0 Å². The molecule has 1 saturated heterocycles. The average molecular weight is 300 g/mol. The van der Waals surface area contributed by atoms with Gasteiger partial charge in [0.25, 0.3) is 0 Å². The summed E-state index contributed by atoms with van der Waals surface area (Å²) in [6, 6.07) is 7.43. The minimum atomic E-state index is -3.35. The van der Waals surface area contributed by atoms with Gasteiger partial charge in [-0.2, -0.15) is 11.8 Å². The minimum Gasteiger partial charge on any atom is -0.381 e. The fourth-order valence-electron chi connectivity index (χ4n) is 2.16. The second-order valence-electron chi connectivity index (χ2n) is 4.75. The summed E-state index contributed by atoms with van der Waals surface area (Å²) in [5.41, 5.74) is 0.982. The van der Waals surface area contributed by atoms with E-state index in [0.717, 1.165) is 17.9 Å². The second-order valence-corrected chi connectivity index (χ2v) is 7.98. The van der Waals surface area contributed by atoms with E-state index in [0.29, 0.717) is 22.7 Å². The van der Waals surface area contributed by atoms with E-state index in [-0.39, 0.29) is 0 Å². The van der Waals surface area contributed by atoms with Gasteiger partial charge >= 0.3 is 0 Å². The van der Waals surface area contributed by atoms with Gasteiger partial charge in [-0.3, -0.25) is 0 Å². The van der Waals surface area contributed by atoms with Crippen molar-refractivity contribution in [2.45, 2.75) is 36.5 Å². The number of hydrogen-bond donors (Lipinski definition) is 2. The van der Waals surface area contributed by atoms with Crippen LogP contribution in [-0.2, 0) is 10.0 Å². The zero-order valence-electron chi connectivity index (χ0n) is 11.2. The third-order valence-electron chi connectivity index (χ3n) is 3.07. The Kier molecular flexibility index (Phi) is 4.76. The molecule has 0 spiro atoms. The number of benzene rings is 1. The molecule has 1 fully saturated rings. The lowest BCUT2D eigenvalue weighted by atomic mass is 10.2. The van der Waals surface area contributed by atoms with Crippen LogP contribution in [0, 0.1) is 0 Å². The lowest BCUT2D eigenvalue weighted by molar-refractivity contribution is 0.584. The molecule has 0 radical (unpaired) electrons. The molecule has 1 aromatic rings. The molecule has 0 aromatic heterocycles. The third kappa shape index (κ3) is 3.87. The van der Waals surface area contributed by atoms with Crippen molar-refractivity contribution in [1.29, 1.82) is 0 Å². The van der Waals surface area contributed by atoms with Crippen LogP contribution in [0.5, 0.6) is 0 Å². The van der Waals surface area contributed by atoms with E-state index >= 15 is 0 Å². The van der Waals surface area contributed by atoms with Crippen LogP contribution in [-0.4, -0.2) is 32.0 Å². The van der Waals surface area contributed by atoms with Crippen molar-refractivity contribution in [3.05, 3.63) is 24.3 Å². The zero-order chi connectivity index (χ0) is 13.9. The Labute approximate surface area is 119 Å². The first-order valence-corrected chi connectivity index (χ1v) is 9.02. The van der Waals surface area contributed by atoms with Crippen LogP contribution in [0.3, 0.4) is 0 Å². The van der Waals surface area contributed by atoms with Crippen LogP contribution in [0.1, 0.15) is 20.3 Å². The monoisotopic (exact) mass is 300 g/mol. The molecule has 0 amide bonds. The summed E-state index contributed by atoms with van der Waals surface area (Å²) in [6.07, 6.45) is 1.15. The maximum Gasteiger partial charge on any atom is 0.240 e. The van der Waals surface area contributed by atoms with E-state index in [4.69, 9.17) is 0 Å². The summed E-state index contributed by atoms with van der Waals surface area (Å²) in [7, 11) is -3.35. The molecule has 6 heteroatoms. The van der Waals surface area contributed by atoms with Gasteiger partial charge in [0.2, 0.25) is 10.0 Å². The standard InChI is InChI=1S/C13H20N2O2S2/c1-3-14-19(16,17)13-6-4-11(5-7-13)15-12-8-10(2)18-9-12/h4-7,10,12,14-15H,3,8-9H2,1-2H3. The van der Waals surface area contributed by atoms with Gasteiger partial charge < -0.3 is 5.32 Å². The highest BCUT2D eigenvalue weighted by atomic mass is 32.2. The van der Waals surface area contributed by atoms with Crippen LogP contribution in [0.4, 0.5) is 5.69 Å². The number of sulfonamides is 1. The van der Waals surface area contributed by atoms with Crippen LogP contribution >= 0.6 is 11.8 Å². The van der Waals surface area contributed by atoms with Crippen LogP contribution < -0.4 is 10.0 Å². The predicted octanol–water partition coefficient (Wildman–Crippen LogP) is 2.29. The summed E-state index contributed by atoms with van der Waals surface area (Å²) in [4.78, 5) is 0.314. The normalized spacial score (nSPS) is 23.5. The van der Waals surface area contributed by atoms with Crippen LogP contribution in [0.15, 0.2) is 29.2 Å². The summed E-state index contributed by atoms with van der Waals surface area (Å²) in [5.74, 6) is 1.11. The molecule has 2 N–H and O–H groups in total. The second kappa shape index (κ2) is 6.15. The molecule has 1 aliphatic rings. The van der Waals surface area contributed by atoms with Gasteiger partial charge in [0.15, 0.2) is 0 Å². The molecule has 0 aliphatic carbocycles. The molecule has 19 heavy (non-hydrogen) atoms. The van der Waals surface area contributed by atoms with Crippen molar-refractivity contribution in [1.82, 2.24) is 4.72 Å². The Balaban J connectivity index is 2.02. The summed E-state index contributed by atoms with van der Waals surface area (Å²) in [6.45, 7) is 4.41. The largest absolute Gasteiger partial charge is 0.381 e. The first kappa shape index (κ1) is 14.7. The molecule has 2 atom stereocenters. The summed E-state index contributed by atoms with van der Waals surface area (Å²) >= 11 is 1.97. The molecule has 2 unspecified atom stereocenters. The quantitative estimate of drug-likeness (QED) is 0.876. The molecule has 1 aromatic carbocycles. The molecular formula is C13H20N2O2S2. The van der Waals surface area contributed by atoms with Crippen LogP contribution in [0.25, 0.3) is 0 Å². The Bertz CT molecular complexity index is 514. The summed E-state index contributed by atoms with van der Waals surface area (Å²) in [5, 5.41) is 4.15. The van der Waals surface area contributed by atoms with Gasteiger partial charge in [0.1, 0.15) is 0 Å². The topological polar surface area (TPSA) is 58.2 Å². The Morgan fingerprint density at radius 1 is 1.32 bits per heavy atom. The van der Waals surface area contributed by atoms with E-state index in [1.807, 2.05) is 23.9 Å². The lowest BCUT2D eigenvalue weighted by Crippen LogP contribution is -2.23. The van der Waals surface area contributed by atoms with Crippen molar-refractivity contribution in [3.63, 3.8) is 0 Å². The number of anilines is 1. The fraction of sp³-hybridized carbons (Fsp3) is 0.538. The van der Waals surface area contributed by atoms with E-state index in [2.05, 4.69) is 17.0 Å². The van der Waals surface area contributed by atoms with Gasteiger partial charge in [0, 0.05) is 29.3 Å². The Hall–Kier alpha value is -0.720. The van der Waals surface area contributed by atoms with Crippen molar-refractivity contribution in [2.24, 2.45) is 0 Å². The highest BCUT2D eigenvalue weighted by Gasteiger charge is 2.21. The average Bonchev–Trinajstić information content (AvgIpc) is 2.75. The van der Waals surface area contributed by atoms with Crippen molar-refractivity contribution >= 4 is 27.5 Å². The van der Waals surface area contributed by atoms with E-state index in [1.165, 1.54) is 0 Å². The summed E-state index contributed by atoms with van der Waals surface area (Å²) < 4.78 is 26.1. The van der Waals surface area contributed by atoms with E-state index in [9.17, 15) is 8.42 Å². The maximum absolute atomic E-state index is 11.8. The first-order chi connectivity index (χ1) is 9.01. The molecule has 1 heterocycles. The van der Waals surface area contributed by atoms with E-state index < -0.39 is 10.0 Å². The molecule has 0 saturated carbocycles. The third-order valence-corrected chi connectivity index (χ3v) is 5.99. The molecule has 106 valence electrons. The van der Waals surface area contributed by atoms with E-state index in [1.54, 1.807) is 19.1 Å². The smallest absolute Gasteiger partial charge is 0.240 e. The minimum absolute atomic E-state index is 0.314. The van der Waals surface area contributed by atoms with Crippen molar-refractivity contribution in [3.8, 4) is 0 Å². The number of rotatable bonds is 5. The van der Waals surface area contributed by atoms with Gasteiger partial charge in [0.05, 0.1) is 4.90 Å². The highest BCUT2D eigenvalue weighted by molar-refractivity contribution is 8.00.